The van der Waals surface area contributed by atoms with Crippen molar-refractivity contribution in [3.8, 4) is 0 Å². The highest BCUT2D eigenvalue weighted by Crippen LogP contribution is 2.26. The summed E-state index contributed by atoms with van der Waals surface area (Å²) in [6.07, 6.45) is 0. The molecule has 1 aromatic heterocycles. The van der Waals surface area contributed by atoms with E-state index >= 15 is 0 Å². The van der Waals surface area contributed by atoms with Crippen molar-refractivity contribution in [3.63, 3.8) is 0 Å². The number of halogens is 1. The van der Waals surface area contributed by atoms with Crippen molar-refractivity contribution in [1.82, 2.24) is 10.3 Å². The number of nitrogens with one attached hydrogen (secondary N) is 3. The number of rotatable bonds is 4. The first-order valence-corrected chi connectivity index (χ1v) is 9.50. The molecule has 1 atom stereocenters. The van der Waals surface area contributed by atoms with Gasteiger partial charge in [-0.2, -0.15) is 0 Å². The van der Waals surface area contributed by atoms with Crippen LogP contribution in [0.25, 0.3) is 0 Å². The van der Waals surface area contributed by atoms with Crippen LogP contribution < -0.4 is 16.0 Å². The van der Waals surface area contributed by atoms with Crippen molar-refractivity contribution in [2.45, 2.75) is 46.1 Å². The Labute approximate surface area is 166 Å². The van der Waals surface area contributed by atoms with Crippen LogP contribution in [-0.2, 0) is 19.8 Å². The molecule has 0 radical (unpaired) electrons. The zero-order chi connectivity index (χ0) is 21.1. The average molecular weight is 406 g/mol. The van der Waals surface area contributed by atoms with Crippen LogP contribution >= 0.6 is 11.3 Å². The molecule has 2 aromatic rings. The van der Waals surface area contributed by atoms with Gasteiger partial charge in [0.05, 0.1) is 17.4 Å². The molecule has 0 aliphatic carbocycles. The number of amides is 3. The van der Waals surface area contributed by atoms with Gasteiger partial charge >= 0.3 is 11.8 Å². The van der Waals surface area contributed by atoms with Gasteiger partial charge in [-0.25, -0.2) is 9.37 Å². The number of hydrogen-bond acceptors (Lipinski definition) is 5. The summed E-state index contributed by atoms with van der Waals surface area (Å²) in [7, 11) is 0. The van der Waals surface area contributed by atoms with Gasteiger partial charge in [-0.15, -0.1) is 11.3 Å². The molecule has 150 valence electrons. The Balaban J connectivity index is 2.04. The molecule has 0 saturated heterocycles. The Hall–Kier alpha value is -2.81. The lowest BCUT2D eigenvalue weighted by atomic mass is 9.93. The summed E-state index contributed by atoms with van der Waals surface area (Å²) < 4.78 is 13.9. The third-order valence-corrected chi connectivity index (χ3v) is 4.78. The fourth-order valence-corrected chi connectivity index (χ4v) is 3.29. The number of thiazole rings is 1. The highest BCUT2D eigenvalue weighted by atomic mass is 32.1. The van der Waals surface area contributed by atoms with Crippen LogP contribution in [0.2, 0.25) is 0 Å². The van der Waals surface area contributed by atoms with Gasteiger partial charge in [-0.05, 0) is 25.1 Å². The predicted octanol–water partition coefficient (Wildman–Crippen LogP) is 3.35. The normalized spacial score (nSPS) is 12.2. The minimum Gasteiger partial charge on any atom is -0.339 e. The molecule has 0 spiro atoms. The molecule has 0 bridgehead atoms. The number of carbonyl (C=O) groups excluding carboxylic acids is 3. The molecular weight excluding hydrogens is 383 g/mol. The number of anilines is 2. The second-order valence-electron chi connectivity index (χ2n) is 7.35. The lowest BCUT2D eigenvalue weighted by Crippen LogP contribution is -2.37. The third kappa shape index (κ3) is 5.59. The minimum absolute atomic E-state index is 0.119. The molecular formula is C19H23FN4O3S. The Kier molecular flexibility index (Phi) is 6.50. The standard InChI is InChI=1S/C19H23FN4O3S/c1-10(18-24-15(9-28-18)19(3,4)5)21-16(26)17(27)23-14-8-12(22-11(2)25)6-7-13(14)20/h6-10H,1-5H3,(H,21,26)(H,22,25)(H,23,27). The van der Waals surface area contributed by atoms with E-state index < -0.39 is 23.7 Å². The fourth-order valence-electron chi connectivity index (χ4n) is 2.24. The second-order valence-corrected chi connectivity index (χ2v) is 8.24. The SMILES string of the molecule is CC(=O)Nc1ccc(F)c(NC(=O)C(=O)NC(C)c2nc(C(C)(C)C)cs2)c1. The van der Waals surface area contributed by atoms with E-state index in [1.165, 1.54) is 30.4 Å². The minimum atomic E-state index is -1.02. The van der Waals surface area contributed by atoms with Gasteiger partial charge in [0.2, 0.25) is 5.91 Å². The Morgan fingerprint density at radius 1 is 1.14 bits per heavy atom. The van der Waals surface area contributed by atoms with Crippen molar-refractivity contribution >= 4 is 40.4 Å². The highest BCUT2D eigenvalue weighted by molar-refractivity contribution is 7.09. The van der Waals surface area contributed by atoms with Crippen LogP contribution in [0.5, 0.6) is 0 Å². The van der Waals surface area contributed by atoms with Crippen molar-refractivity contribution < 1.29 is 18.8 Å². The second kappa shape index (κ2) is 8.47. The Morgan fingerprint density at radius 3 is 2.39 bits per heavy atom. The van der Waals surface area contributed by atoms with E-state index in [4.69, 9.17) is 0 Å². The lowest BCUT2D eigenvalue weighted by molar-refractivity contribution is -0.136. The molecule has 1 unspecified atom stereocenters. The smallest absolute Gasteiger partial charge is 0.313 e. The maximum atomic E-state index is 13.9. The molecule has 0 fully saturated rings. The first-order valence-electron chi connectivity index (χ1n) is 8.62. The van der Waals surface area contributed by atoms with E-state index in [9.17, 15) is 18.8 Å². The number of nitrogens with zero attached hydrogens (tertiary/aromatic N) is 1. The molecule has 28 heavy (non-hydrogen) atoms. The monoisotopic (exact) mass is 406 g/mol. The van der Waals surface area contributed by atoms with Crippen LogP contribution in [0.15, 0.2) is 23.6 Å². The van der Waals surface area contributed by atoms with Crippen LogP contribution in [-0.4, -0.2) is 22.7 Å². The van der Waals surface area contributed by atoms with Crippen LogP contribution in [0.1, 0.15) is 51.4 Å². The molecule has 1 aromatic carbocycles. The fraction of sp³-hybridized carbons (Fsp3) is 0.368. The van der Waals surface area contributed by atoms with E-state index in [-0.39, 0.29) is 17.0 Å². The van der Waals surface area contributed by atoms with Crippen molar-refractivity contribution in [1.29, 1.82) is 0 Å². The summed E-state index contributed by atoms with van der Waals surface area (Å²) in [5, 5.41) is 9.84. The molecule has 3 amide bonds. The van der Waals surface area contributed by atoms with Crippen LogP contribution in [0.3, 0.4) is 0 Å². The zero-order valence-corrected chi connectivity index (χ0v) is 17.2. The summed E-state index contributed by atoms with van der Waals surface area (Å²) in [5.41, 5.74) is 0.875. The van der Waals surface area contributed by atoms with Gasteiger partial charge < -0.3 is 16.0 Å². The number of aromatic nitrogens is 1. The van der Waals surface area contributed by atoms with Gasteiger partial charge in [0, 0.05) is 23.4 Å². The van der Waals surface area contributed by atoms with Crippen molar-refractivity contribution in [3.05, 3.63) is 40.1 Å². The van der Waals surface area contributed by atoms with E-state index in [0.29, 0.717) is 10.7 Å². The lowest BCUT2D eigenvalue weighted by Gasteiger charge is -2.15. The van der Waals surface area contributed by atoms with E-state index in [1.54, 1.807) is 6.92 Å². The Morgan fingerprint density at radius 2 is 1.82 bits per heavy atom. The quantitative estimate of drug-likeness (QED) is 0.678. The van der Waals surface area contributed by atoms with Gasteiger partial charge in [0.15, 0.2) is 0 Å². The number of benzene rings is 1. The summed E-state index contributed by atoms with van der Waals surface area (Å²) in [4.78, 5) is 39.9. The summed E-state index contributed by atoms with van der Waals surface area (Å²) in [6.45, 7) is 9.12. The van der Waals surface area contributed by atoms with Crippen LogP contribution in [0, 0.1) is 5.82 Å². The predicted molar refractivity (Wildman–Crippen MR) is 107 cm³/mol. The van der Waals surface area contributed by atoms with Crippen molar-refractivity contribution in [2.75, 3.05) is 10.6 Å². The largest absolute Gasteiger partial charge is 0.339 e. The molecule has 7 nitrogen and oxygen atoms in total. The molecule has 0 aliphatic heterocycles. The maximum Gasteiger partial charge on any atom is 0.313 e. The highest BCUT2D eigenvalue weighted by Gasteiger charge is 2.23. The van der Waals surface area contributed by atoms with E-state index in [0.717, 1.165) is 11.8 Å². The van der Waals surface area contributed by atoms with Gasteiger partial charge in [-0.3, -0.25) is 14.4 Å². The maximum absolute atomic E-state index is 13.9. The third-order valence-electron chi connectivity index (χ3n) is 3.75. The van der Waals surface area contributed by atoms with Gasteiger partial charge in [-0.1, -0.05) is 20.8 Å². The number of hydrogen-bond donors (Lipinski definition) is 3. The molecule has 3 N–H and O–H groups in total. The molecule has 9 heteroatoms. The van der Waals surface area contributed by atoms with Gasteiger partial charge in [0.25, 0.3) is 0 Å². The topological polar surface area (TPSA) is 100 Å². The van der Waals surface area contributed by atoms with Gasteiger partial charge in [0.1, 0.15) is 10.8 Å². The Bertz CT molecular complexity index is 905. The first-order chi connectivity index (χ1) is 13.0. The van der Waals surface area contributed by atoms with E-state index in [2.05, 4.69) is 20.9 Å². The van der Waals surface area contributed by atoms with E-state index in [1.807, 2.05) is 26.2 Å². The summed E-state index contributed by atoms with van der Waals surface area (Å²) >= 11 is 1.39. The summed E-state index contributed by atoms with van der Waals surface area (Å²) in [5.74, 6) is -2.99. The summed E-state index contributed by atoms with van der Waals surface area (Å²) in [6, 6.07) is 3.20. The molecule has 1 heterocycles. The number of carbonyl (C=O) groups is 3. The molecule has 0 aliphatic rings. The molecule has 0 saturated carbocycles. The first kappa shape index (κ1) is 21.5. The van der Waals surface area contributed by atoms with Crippen LogP contribution in [0.4, 0.5) is 15.8 Å². The molecule has 2 rings (SSSR count). The average Bonchev–Trinajstić information content (AvgIpc) is 3.07. The van der Waals surface area contributed by atoms with Crippen molar-refractivity contribution in [2.24, 2.45) is 0 Å². The zero-order valence-electron chi connectivity index (χ0n) is 16.3.